The van der Waals surface area contributed by atoms with Crippen LogP contribution in [0.25, 0.3) is 0 Å². The van der Waals surface area contributed by atoms with E-state index >= 15 is 0 Å². The summed E-state index contributed by atoms with van der Waals surface area (Å²) in [5.41, 5.74) is 6.05. The molecule has 1 aromatic rings. The van der Waals surface area contributed by atoms with Crippen LogP contribution in [0.15, 0.2) is 18.2 Å². The van der Waals surface area contributed by atoms with E-state index in [4.69, 9.17) is 10.5 Å². The fraction of sp³-hybridized carbons (Fsp3) is 0.462. The zero-order valence-electron chi connectivity index (χ0n) is 10.1. The molecule has 0 heterocycles. The summed E-state index contributed by atoms with van der Waals surface area (Å²) in [4.78, 5) is 11.6. The Morgan fingerprint density at radius 3 is 2.94 bits per heavy atom. The Morgan fingerprint density at radius 2 is 2.28 bits per heavy atom. The van der Waals surface area contributed by atoms with E-state index in [1.54, 1.807) is 0 Å². The first-order valence-electron chi connectivity index (χ1n) is 6.11. The van der Waals surface area contributed by atoms with Gasteiger partial charge in [0.25, 0.3) is 0 Å². The van der Waals surface area contributed by atoms with Crippen molar-refractivity contribution in [3.63, 3.8) is 0 Å². The number of nitrogens with one attached hydrogen (secondary N) is 1. The summed E-state index contributed by atoms with van der Waals surface area (Å²) in [5.74, 6) is -0.753. The lowest BCUT2D eigenvalue weighted by molar-refractivity contribution is -0.118. The third kappa shape index (κ3) is 3.43. The maximum atomic E-state index is 13.3. The Hall–Kier alpha value is -1.62. The van der Waals surface area contributed by atoms with Crippen molar-refractivity contribution in [3.8, 4) is 0 Å². The number of halogens is 1. The van der Waals surface area contributed by atoms with Crippen LogP contribution in [0.2, 0.25) is 0 Å². The van der Waals surface area contributed by atoms with Crippen molar-refractivity contribution in [1.82, 2.24) is 0 Å². The molecule has 1 amide bonds. The fourth-order valence-corrected chi connectivity index (χ4v) is 1.71. The highest BCUT2D eigenvalue weighted by Crippen LogP contribution is 2.22. The molecule has 0 saturated heterocycles. The summed E-state index contributed by atoms with van der Waals surface area (Å²) in [5, 5.41) is 2.49. The molecule has 0 radical (unpaired) electrons. The van der Waals surface area contributed by atoms with Crippen molar-refractivity contribution < 1.29 is 13.9 Å². The molecule has 0 unspecified atom stereocenters. The van der Waals surface area contributed by atoms with Gasteiger partial charge in [-0.05, 0) is 37.5 Å². The Balaban J connectivity index is 1.77. The maximum Gasteiger partial charge on any atom is 0.226 e. The van der Waals surface area contributed by atoms with Gasteiger partial charge < -0.3 is 15.8 Å². The first-order valence-corrected chi connectivity index (χ1v) is 6.11. The van der Waals surface area contributed by atoms with Gasteiger partial charge in [-0.1, -0.05) is 0 Å². The highest BCUT2D eigenvalue weighted by molar-refractivity contribution is 5.91. The van der Waals surface area contributed by atoms with Crippen molar-refractivity contribution in [2.24, 2.45) is 0 Å². The predicted molar refractivity (Wildman–Crippen MR) is 67.7 cm³/mol. The number of ether oxygens (including phenoxy) is 1. The molecule has 18 heavy (non-hydrogen) atoms. The number of nitrogen functional groups attached to an aromatic ring is 1. The van der Waals surface area contributed by atoms with E-state index in [1.807, 2.05) is 0 Å². The van der Waals surface area contributed by atoms with Crippen LogP contribution in [0.3, 0.4) is 0 Å². The second kappa shape index (κ2) is 5.82. The van der Waals surface area contributed by atoms with Gasteiger partial charge in [-0.2, -0.15) is 0 Å². The molecule has 1 aliphatic rings. The van der Waals surface area contributed by atoms with Gasteiger partial charge in [0, 0.05) is 5.69 Å². The average molecular weight is 252 g/mol. The number of hydrogen-bond donors (Lipinski definition) is 2. The normalized spacial score (nSPS) is 15.2. The molecule has 98 valence electrons. The topological polar surface area (TPSA) is 64.3 Å². The molecule has 3 N–H and O–H groups in total. The van der Waals surface area contributed by atoms with Gasteiger partial charge in [0.2, 0.25) is 5.91 Å². The molecule has 0 bridgehead atoms. The SMILES string of the molecule is Nc1ccc(F)c(NC(=O)CCOC2CCC2)c1. The van der Waals surface area contributed by atoms with Crippen LogP contribution in [-0.4, -0.2) is 18.6 Å². The van der Waals surface area contributed by atoms with Crippen LogP contribution in [0.5, 0.6) is 0 Å². The molecule has 0 aromatic heterocycles. The molecule has 2 rings (SSSR count). The van der Waals surface area contributed by atoms with E-state index in [0.717, 1.165) is 12.8 Å². The first kappa shape index (κ1) is 12.8. The van der Waals surface area contributed by atoms with Crippen molar-refractivity contribution in [2.45, 2.75) is 31.8 Å². The van der Waals surface area contributed by atoms with Crippen LogP contribution in [0.1, 0.15) is 25.7 Å². The summed E-state index contributed by atoms with van der Waals surface area (Å²) >= 11 is 0. The second-order valence-corrected chi connectivity index (χ2v) is 4.46. The van der Waals surface area contributed by atoms with Crippen LogP contribution in [-0.2, 0) is 9.53 Å². The van der Waals surface area contributed by atoms with Crippen molar-refractivity contribution >= 4 is 17.3 Å². The van der Waals surface area contributed by atoms with Gasteiger partial charge in [-0.15, -0.1) is 0 Å². The molecule has 1 saturated carbocycles. The molecular formula is C13H17FN2O2. The molecular weight excluding hydrogens is 235 g/mol. The zero-order valence-corrected chi connectivity index (χ0v) is 10.1. The number of rotatable bonds is 5. The summed E-state index contributed by atoms with van der Waals surface area (Å²) in [6.07, 6.45) is 3.88. The summed E-state index contributed by atoms with van der Waals surface area (Å²) in [6.45, 7) is 0.375. The van der Waals surface area contributed by atoms with Gasteiger partial charge in [0.15, 0.2) is 0 Å². The molecule has 1 aromatic carbocycles. The van der Waals surface area contributed by atoms with E-state index in [9.17, 15) is 9.18 Å². The van der Waals surface area contributed by atoms with Gasteiger partial charge in [-0.3, -0.25) is 4.79 Å². The Bertz CT molecular complexity index is 433. The Labute approximate surface area is 105 Å². The molecule has 1 fully saturated rings. The van der Waals surface area contributed by atoms with E-state index in [2.05, 4.69) is 5.32 Å². The minimum Gasteiger partial charge on any atom is -0.399 e. The highest BCUT2D eigenvalue weighted by atomic mass is 19.1. The maximum absolute atomic E-state index is 13.3. The minimum atomic E-state index is -0.488. The largest absolute Gasteiger partial charge is 0.399 e. The van der Waals surface area contributed by atoms with Crippen LogP contribution < -0.4 is 11.1 Å². The van der Waals surface area contributed by atoms with Crippen LogP contribution >= 0.6 is 0 Å². The smallest absolute Gasteiger partial charge is 0.226 e. The number of hydrogen-bond acceptors (Lipinski definition) is 3. The average Bonchev–Trinajstić information content (AvgIpc) is 2.27. The van der Waals surface area contributed by atoms with Crippen molar-refractivity contribution in [3.05, 3.63) is 24.0 Å². The molecule has 0 atom stereocenters. The number of anilines is 2. The Morgan fingerprint density at radius 1 is 1.50 bits per heavy atom. The number of carbonyl (C=O) groups is 1. The number of carbonyl (C=O) groups excluding carboxylic acids is 1. The zero-order chi connectivity index (χ0) is 13.0. The second-order valence-electron chi connectivity index (χ2n) is 4.46. The summed E-state index contributed by atoms with van der Waals surface area (Å²) in [7, 11) is 0. The van der Waals surface area contributed by atoms with Gasteiger partial charge in [0.1, 0.15) is 5.82 Å². The molecule has 4 nitrogen and oxygen atoms in total. The highest BCUT2D eigenvalue weighted by Gasteiger charge is 2.18. The van der Waals surface area contributed by atoms with Crippen molar-refractivity contribution in [1.29, 1.82) is 0 Å². The van der Waals surface area contributed by atoms with Crippen molar-refractivity contribution in [2.75, 3.05) is 17.7 Å². The summed E-state index contributed by atoms with van der Waals surface area (Å²) in [6, 6.07) is 4.08. The summed E-state index contributed by atoms with van der Waals surface area (Å²) < 4.78 is 18.8. The molecule has 5 heteroatoms. The molecule has 1 aliphatic carbocycles. The van der Waals surface area contributed by atoms with Gasteiger partial charge in [-0.25, -0.2) is 4.39 Å². The third-order valence-corrected chi connectivity index (χ3v) is 3.00. The number of amides is 1. The number of benzene rings is 1. The third-order valence-electron chi connectivity index (χ3n) is 3.00. The lowest BCUT2D eigenvalue weighted by atomic mass is 9.96. The van der Waals surface area contributed by atoms with E-state index in [-0.39, 0.29) is 18.0 Å². The molecule has 0 aliphatic heterocycles. The predicted octanol–water partition coefficient (Wildman–Crippen LogP) is 2.31. The van der Waals surface area contributed by atoms with E-state index in [0.29, 0.717) is 18.4 Å². The lowest BCUT2D eigenvalue weighted by Gasteiger charge is -2.25. The van der Waals surface area contributed by atoms with E-state index < -0.39 is 5.82 Å². The monoisotopic (exact) mass is 252 g/mol. The van der Waals surface area contributed by atoms with Gasteiger partial charge in [0.05, 0.1) is 24.8 Å². The minimum absolute atomic E-state index is 0.114. The fourth-order valence-electron chi connectivity index (χ4n) is 1.71. The number of nitrogens with two attached hydrogens (primary N) is 1. The molecule has 0 spiro atoms. The van der Waals surface area contributed by atoms with Crippen LogP contribution in [0, 0.1) is 5.82 Å². The lowest BCUT2D eigenvalue weighted by Crippen LogP contribution is -2.24. The van der Waals surface area contributed by atoms with Gasteiger partial charge >= 0.3 is 0 Å². The standard InChI is InChI=1S/C13H17FN2O2/c14-11-5-4-9(15)8-12(11)16-13(17)6-7-18-10-2-1-3-10/h4-5,8,10H,1-3,6-7,15H2,(H,16,17). The first-order chi connectivity index (χ1) is 8.65. The van der Waals surface area contributed by atoms with E-state index in [1.165, 1.54) is 24.6 Å². The van der Waals surface area contributed by atoms with Crippen LogP contribution in [0.4, 0.5) is 15.8 Å². The quantitative estimate of drug-likeness (QED) is 0.790. The Kier molecular flexibility index (Phi) is 4.15.